The number of nitrogens with one attached hydrogen (secondary N) is 1. The van der Waals surface area contributed by atoms with Gasteiger partial charge in [0.25, 0.3) is 0 Å². The second-order valence-electron chi connectivity index (χ2n) is 10.9. The fraction of sp³-hybridized carbons (Fsp3) is 0.586. The van der Waals surface area contributed by atoms with Crippen molar-refractivity contribution in [3.63, 3.8) is 0 Å². The standard InChI is InChI=1S/C29H34ClN6O11P/c30-27-20(13-33)24(34-18-5-1-2-6-18)19-9-12-36(28(19)35-27)29-26(40)25(39)21(47-29)14-42-17-48(41,45-15-43-22(37)7-3-10-31)46-16-44-23(38)8-4-11-32/h9,12,18,21,25-26,29,39-40H,1-8,14-17H2,(H,34,35)/t21-,25-,26-,29-/m1/s1. The summed E-state index contributed by atoms with van der Waals surface area (Å²) in [6.07, 6.45) is -1.08. The van der Waals surface area contributed by atoms with E-state index in [4.69, 9.17) is 50.1 Å². The Labute approximate surface area is 280 Å². The molecule has 258 valence electrons. The Bertz CT molecular complexity index is 1590. The molecule has 2 aromatic rings. The third-order valence-corrected chi connectivity index (χ3v) is 9.37. The predicted molar refractivity (Wildman–Crippen MR) is 163 cm³/mol. The number of anilines is 1. The van der Waals surface area contributed by atoms with E-state index in [0.717, 1.165) is 25.7 Å². The zero-order valence-electron chi connectivity index (χ0n) is 25.7. The number of halogens is 1. The second kappa shape index (κ2) is 17.5. The van der Waals surface area contributed by atoms with Gasteiger partial charge in [-0.3, -0.25) is 23.2 Å². The minimum absolute atomic E-state index is 0.0411. The molecule has 1 saturated carbocycles. The molecule has 3 N–H and O–H groups in total. The van der Waals surface area contributed by atoms with Crippen molar-refractivity contribution in [2.24, 2.45) is 0 Å². The van der Waals surface area contributed by atoms with Crippen LogP contribution in [0.3, 0.4) is 0 Å². The number of hydrogen-bond acceptors (Lipinski definition) is 16. The van der Waals surface area contributed by atoms with Crippen molar-refractivity contribution in [1.29, 1.82) is 15.8 Å². The average molecular weight is 709 g/mol. The Morgan fingerprint density at radius 2 is 1.69 bits per heavy atom. The first kappa shape index (κ1) is 37.0. The number of nitrogens with zero attached hydrogens (tertiary/aromatic N) is 5. The highest BCUT2D eigenvalue weighted by Crippen LogP contribution is 2.48. The van der Waals surface area contributed by atoms with E-state index in [-0.39, 0.29) is 42.4 Å². The van der Waals surface area contributed by atoms with Crippen LogP contribution in [0.4, 0.5) is 5.69 Å². The summed E-state index contributed by atoms with van der Waals surface area (Å²) in [5, 5.41) is 52.6. The SMILES string of the molecule is N#CCCC(=O)OCOP(=O)(COC[C@H]1O[C@@H](n2ccc3c(NC4CCCC4)c(C#N)c(Cl)nc32)[C@H](O)[C@@H]1O)OCOC(=O)CCC#N. The van der Waals surface area contributed by atoms with Gasteiger partial charge in [-0.25, -0.2) is 4.98 Å². The Balaban J connectivity index is 1.42. The number of fused-ring (bicyclic) bond motifs is 1. The molecule has 1 saturated heterocycles. The maximum Gasteiger partial charge on any atom is 0.361 e. The Morgan fingerprint density at radius 3 is 2.27 bits per heavy atom. The first-order valence-electron chi connectivity index (χ1n) is 15.0. The van der Waals surface area contributed by atoms with Gasteiger partial charge in [-0.15, -0.1) is 0 Å². The smallest absolute Gasteiger partial charge is 0.361 e. The van der Waals surface area contributed by atoms with Gasteiger partial charge in [-0.2, -0.15) is 15.8 Å². The highest BCUT2D eigenvalue weighted by molar-refractivity contribution is 7.53. The van der Waals surface area contributed by atoms with Gasteiger partial charge in [0.2, 0.25) is 13.6 Å². The molecule has 0 unspecified atom stereocenters. The number of carbonyl (C=O) groups excluding carboxylic acids is 2. The molecule has 2 aliphatic rings. The summed E-state index contributed by atoms with van der Waals surface area (Å²) < 4.78 is 46.0. The summed E-state index contributed by atoms with van der Waals surface area (Å²) in [6, 6.07) is 7.52. The summed E-state index contributed by atoms with van der Waals surface area (Å²) in [5.74, 6) is -1.60. The van der Waals surface area contributed by atoms with Crippen LogP contribution in [0.25, 0.3) is 11.0 Å². The normalized spacial score (nSPS) is 21.0. The first-order valence-corrected chi connectivity index (χ1v) is 17.1. The highest BCUT2D eigenvalue weighted by atomic mass is 35.5. The van der Waals surface area contributed by atoms with Crippen molar-refractivity contribution in [1.82, 2.24) is 9.55 Å². The molecule has 0 aromatic carbocycles. The van der Waals surface area contributed by atoms with Crippen LogP contribution in [-0.2, 0) is 42.1 Å². The third-order valence-electron chi connectivity index (χ3n) is 7.60. The van der Waals surface area contributed by atoms with Crippen molar-refractivity contribution < 1.29 is 52.4 Å². The molecule has 4 rings (SSSR count). The zero-order valence-corrected chi connectivity index (χ0v) is 27.3. The summed E-state index contributed by atoms with van der Waals surface area (Å²) in [7, 11) is -4.27. The van der Waals surface area contributed by atoms with Crippen LogP contribution < -0.4 is 5.32 Å². The topological polar surface area (TPSA) is 248 Å². The fourth-order valence-corrected chi connectivity index (χ4v) is 6.36. The molecular weight excluding hydrogens is 675 g/mol. The van der Waals surface area contributed by atoms with Gasteiger partial charge >= 0.3 is 19.5 Å². The number of ether oxygens (including phenoxy) is 4. The van der Waals surface area contributed by atoms with E-state index in [1.165, 1.54) is 4.57 Å². The molecule has 3 heterocycles. The molecule has 48 heavy (non-hydrogen) atoms. The molecule has 2 fully saturated rings. The number of nitriles is 3. The van der Waals surface area contributed by atoms with Crippen molar-refractivity contribution in [2.75, 3.05) is 31.9 Å². The van der Waals surface area contributed by atoms with E-state index in [2.05, 4.69) is 16.4 Å². The predicted octanol–water partition coefficient (Wildman–Crippen LogP) is 3.34. The van der Waals surface area contributed by atoms with Crippen molar-refractivity contribution >= 4 is 47.9 Å². The number of esters is 2. The van der Waals surface area contributed by atoms with Crippen molar-refractivity contribution in [3.8, 4) is 18.2 Å². The lowest BCUT2D eigenvalue weighted by atomic mass is 10.1. The van der Waals surface area contributed by atoms with Crippen LogP contribution >= 0.6 is 19.2 Å². The van der Waals surface area contributed by atoms with Gasteiger partial charge in [-0.05, 0) is 18.9 Å². The van der Waals surface area contributed by atoms with Crippen molar-refractivity contribution in [2.45, 2.75) is 81.9 Å². The van der Waals surface area contributed by atoms with Gasteiger partial charge in [-0.1, -0.05) is 24.4 Å². The number of aliphatic hydroxyl groups excluding tert-OH is 2. The van der Waals surface area contributed by atoms with Gasteiger partial charge in [0.05, 0.1) is 37.3 Å². The lowest BCUT2D eigenvalue weighted by Gasteiger charge is -2.20. The second-order valence-corrected chi connectivity index (χ2v) is 13.2. The van der Waals surface area contributed by atoms with Gasteiger partial charge in [0.15, 0.2) is 11.4 Å². The minimum atomic E-state index is -4.27. The lowest BCUT2D eigenvalue weighted by molar-refractivity contribution is -0.152. The lowest BCUT2D eigenvalue weighted by Crippen LogP contribution is -2.34. The molecule has 2 aromatic heterocycles. The highest BCUT2D eigenvalue weighted by Gasteiger charge is 2.45. The van der Waals surface area contributed by atoms with E-state index in [9.17, 15) is 29.6 Å². The Morgan fingerprint density at radius 1 is 1.06 bits per heavy atom. The summed E-state index contributed by atoms with van der Waals surface area (Å²) >= 11 is 6.40. The van der Waals surface area contributed by atoms with Crippen LogP contribution in [-0.4, -0.2) is 82.6 Å². The Hall–Kier alpha value is -3.82. The third kappa shape index (κ3) is 9.41. The van der Waals surface area contributed by atoms with Crippen LogP contribution in [0.5, 0.6) is 0 Å². The van der Waals surface area contributed by atoms with E-state index in [1.807, 2.05) is 0 Å². The van der Waals surface area contributed by atoms with Gasteiger partial charge in [0, 0.05) is 30.5 Å². The maximum absolute atomic E-state index is 13.3. The van der Waals surface area contributed by atoms with E-state index in [1.54, 1.807) is 24.4 Å². The van der Waals surface area contributed by atoms with Crippen LogP contribution in [0.1, 0.15) is 63.2 Å². The molecule has 0 spiro atoms. The average Bonchev–Trinajstić information content (AvgIpc) is 3.79. The van der Waals surface area contributed by atoms with Crippen LogP contribution in [0, 0.1) is 34.0 Å². The number of aliphatic hydroxyl groups is 2. The molecule has 4 atom stereocenters. The van der Waals surface area contributed by atoms with E-state index in [0.29, 0.717) is 16.7 Å². The van der Waals surface area contributed by atoms with Gasteiger partial charge in [0.1, 0.15) is 41.9 Å². The number of hydrogen-bond donors (Lipinski definition) is 3. The monoisotopic (exact) mass is 708 g/mol. The van der Waals surface area contributed by atoms with Crippen LogP contribution in [0.15, 0.2) is 12.3 Å². The minimum Gasteiger partial charge on any atom is -0.438 e. The molecule has 17 nitrogen and oxygen atoms in total. The molecule has 0 radical (unpaired) electrons. The zero-order chi connectivity index (χ0) is 34.7. The van der Waals surface area contributed by atoms with E-state index < -0.39 is 70.6 Å². The molecular formula is C29H34ClN6O11P. The molecule has 1 aliphatic heterocycles. The largest absolute Gasteiger partial charge is 0.438 e. The quantitative estimate of drug-likeness (QED) is 0.0922. The molecule has 19 heteroatoms. The maximum atomic E-state index is 13.3. The summed E-state index contributed by atoms with van der Waals surface area (Å²) in [5.41, 5.74) is 1.02. The van der Waals surface area contributed by atoms with E-state index >= 15 is 0 Å². The fourth-order valence-electron chi connectivity index (χ4n) is 5.16. The molecule has 0 amide bonds. The van der Waals surface area contributed by atoms with Gasteiger partial charge < -0.3 is 39.0 Å². The molecule has 0 bridgehead atoms. The number of rotatable bonds is 17. The Kier molecular flexibility index (Phi) is 13.5. The van der Waals surface area contributed by atoms with Crippen LogP contribution in [0.2, 0.25) is 5.15 Å². The number of carbonyl (C=O) groups is 2. The summed E-state index contributed by atoms with van der Waals surface area (Å²) in [4.78, 5) is 27.8. The summed E-state index contributed by atoms with van der Waals surface area (Å²) in [6.45, 7) is -2.09. The number of aromatic nitrogens is 2. The molecule has 1 aliphatic carbocycles. The number of pyridine rings is 1. The first-order chi connectivity index (χ1) is 23.1. The van der Waals surface area contributed by atoms with Crippen molar-refractivity contribution in [3.05, 3.63) is 23.0 Å².